The van der Waals surface area contributed by atoms with E-state index in [2.05, 4.69) is 20.1 Å². The quantitative estimate of drug-likeness (QED) is 0.296. The first-order chi connectivity index (χ1) is 17.3. The molecule has 0 aliphatic heterocycles. The van der Waals surface area contributed by atoms with Gasteiger partial charge in [-0.1, -0.05) is 24.3 Å². The minimum Gasteiger partial charge on any atom is -0.507 e. The van der Waals surface area contributed by atoms with Gasteiger partial charge >= 0.3 is 0 Å². The standard InChI is InChI=1S/C25H19BFN5O3S/c26-21-15-29-32-24(13-22(30-25(21)32)20-6-1-2-7-23(20)33)28-14-16-4-3-5-18(12-16)31-36(34,35)19-10-8-17(27)9-11-19/h1-13,15,28,31,33H,14H2. The molecule has 0 spiro atoms. The average Bonchev–Trinajstić information content (AvgIpc) is 3.24. The maximum Gasteiger partial charge on any atom is 0.261 e. The number of sulfonamides is 1. The Morgan fingerprint density at radius 3 is 2.56 bits per heavy atom. The second-order valence-corrected chi connectivity index (χ2v) is 9.67. The Kier molecular flexibility index (Phi) is 6.07. The van der Waals surface area contributed by atoms with Gasteiger partial charge in [-0.25, -0.2) is 17.8 Å². The number of nitrogens with one attached hydrogen (secondary N) is 2. The molecule has 0 aliphatic carbocycles. The molecule has 2 heterocycles. The largest absolute Gasteiger partial charge is 0.507 e. The SMILES string of the molecule is [B]c1cnn2c(NCc3cccc(NS(=O)(=O)c4ccc(F)cc4)c3)cc(-c3ccccc3O)nc12. The molecule has 2 radical (unpaired) electrons. The summed E-state index contributed by atoms with van der Waals surface area (Å²) in [6, 6.07) is 20.1. The number of fused-ring (bicyclic) bond motifs is 1. The monoisotopic (exact) mass is 499 g/mol. The van der Waals surface area contributed by atoms with Gasteiger partial charge in [-0.15, -0.1) is 0 Å². The highest BCUT2D eigenvalue weighted by Gasteiger charge is 2.15. The third-order valence-electron chi connectivity index (χ3n) is 5.46. The highest BCUT2D eigenvalue weighted by molar-refractivity contribution is 7.92. The number of benzene rings is 3. The van der Waals surface area contributed by atoms with Crippen LogP contribution in [0.15, 0.2) is 90.0 Å². The van der Waals surface area contributed by atoms with Gasteiger partial charge in [-0.05, 0) is 59.6 Å². The molecule has 0 atom stereocenters. The molecule has 3 N–H and O–H groups in total. The lowest BCUT2D eigenvalue weighted by atomic mass is 10.0. The summed E-state index contributed by atoms with van der Waals surface area (Å²) in [5.41, 5.74) is 3.00. The molecule has 0 saturated heterocycles. The number of aromatic nitrogens is 3. The van der Waals surface area contributed by atoms with Crippen LogP contribution >= 0.6 is 0 Å². The van der Waals surface area contributed by atoms with Crippen LogP contribution in [0.1, 0.15) is 5.56 Å². The van der Waals surface area contributed by atoms with Crippen LogP contribution in [-0.2, 0) is 16.6 Å². The molecule has 0 unspecified atom stereocenters. The van der Waals surface area contributed by atoms with Crippen LogP contribution < -0.4 is 15.5 Å². The predicted molar refractivity (Wildman–Crippen MR) is 136 cm³/mol. The molecule has 11 heteroatoms. The van der Waals surface area contributed by atoms with E-state index in [0.29, 0.717) is 40.4 Å². The Bertz CT molecular complexity index is 1670. The first-order valence-corrected chi connectivity index (χ1v) is 12.3. The number of hydrogen-bond donors (Lipinski definition) is 3. The molecule has 0 fully saturated rings. The number of anilines is 2. The van der Waals surface area contributed by atoms with Crippen molar-refractivity contribution in [3.8, 4) is 17.0 Å². The van der Waals surface area contributed by atoms with Gasteiger partial charge in [0.2, 0.25) is 0 Å². The number of halogens is 1. The molecular weight excluding hydrogens is 480 g/mol. The van der Waals surface area contributed by atoms with Gasteiger partial charge in [0.1, 0.15) is 25.2 Å². The molecular formula is C25H19BFN5O3S. The third kappa shape index (κ3) is 4.73. The Labute approximate surface area is 207 Å². The highest BCUT2D eigenvalue weighted by atomic mass is 32.2. The number of phenols is 1. The smallest absolute Gasteiger partial charge is 0.261 e. The Morgan fingerprint density at radius 2 is 1.78 bits per heavy atom. The van der Waals surface area contributed by atoms with Gasteiger partial charge in [0.25, 0.3) is 10.0 Å². The third-order valence-corrected chi connectivity index (χ3v) is 6.85. The van der Waals surface area contributed by atoms with Gasteiger partial charge in [0.15, 0.2) is 5.65 Å². The van der Waals surface area contributed by atoms with Crippen LogP contribution in [0, 0.1) is 5.82 Å². The van der Waals surface area contributed by atoms with Gasteiger partial charge < -0.3 is 10.4 Å². The molecule has 0 bridgehead atoms. The first-order valence-electron chi connectivity index (χ1n) is 10.8. The normalized spacial score (nSPS) is 11.5. The van der Waals surface area contributed by atoms with E-state index in [9.17, 15) is 17.9 Å². The minimum absolute atomic E-state index is 0.0421. The number of phenolic OH excluding ortho intramolecular Hbond substituents is 1. The molecule has 0 aliphatic rings. The van der Waals surface area contributed by atoms with E-state index < -0.39 is 15.8 Å². The Balaban J connectivity index is 1.40. The van der Waals surface area contributed by atoms with E-state index in [1.807, 2.05) is 6.07 Å². The van der Waals surface area contributed by atoms with Crippen molar-refractivity contribution in [2.75, 3.05) is 10.0 Å². The minimum atomic E-state index is -3.88. The summed E-state index contributed by atoms with van der Waals surface area (Å²) in [7, 11) is 2.17. The average molecular weight is 499 g/mol. The van der Waals surface area contributed by atoms with Gasteiger partial charge in [0, 0.05) is 30.1 Å². The Morgan fingerprint density at radius 1 is 1.00 bits per heavy atom. The van der Waals surface area contributed by atoms with E-state index in [0.717, 1.165) is 17.7 Å². The lowest BCUT2D eigenvalue weighted by Crippen LogP contribution is -2.13. The van der Waals surface area contributed by atoms with Crippen molar-refractivity contribution in [2.24, 2.45) is 0 Å². The number of para-hydroxylation sites is 1. The van der Waals surface area contributed by atoms with Crippen molar-refractivity contribution in [3.05, 3.63) is 96.4 Å². The summed E-state index contributed by atoms with van der Waals surface area (Å²) in [6.07, 6.45) is 1.49. The lowest BCUT2D eigenvalue weighted by Gasteiger charge is -2.13. The van der Waals surface area contributed by atoms with Crippen LogP contribution in [0.2, 0.25) is 0 Å². The van der Waals surface area contributed by atoms with Crippen molar-refractivity contribution < 1.29 is 17.9 Å². The molecule has 3 aromatic carbocycles. The van der Waals surface area contributed by atoms with Crippen LogP contribution in [0.5, 0.6) is 5.75 Å². The number of nitrogens with zero attached hydrogens (tertiary/aromatic N) is 3. The van der Waals surface area contributed by atoms with Crippen molar-refractivity contribution in [1.82, 2.24) is 14.6 Å². The van der Waals surface area contributed by atoms with Crippen molar-refractivity contribution >= 4 is 40.5 Å². The molecule has 178 valence electrons. The predicted octanol–water partition coefficient (Wildman–Crippen LogP) is 3.45. The van der Waals surface area contributed by atoms with E-state index in [4.69, 9.17) is 7.85 Å². The zero-order valence-corrected chi connectivity index (χ0v) is 19.6. The fraction of sp³-hybridized carbons (Fsp3) is 0.0400. The summed E-state index contributed by atoms with van der Waals surface area (Å²) in [5.74, 6) is 0.142. The van der Waals surface area contributed by atoms with Crippen LogP contribution in [0.3, 0.4) is 0 Å². The summed E-state index contributed by atoms with van der Waals surface area (Å²) in [4.78, 5) is 4.50. The van der Waals surface area contributed by atoms with E-state index in [-0.39, 0.29) is 10.6 Å². The van der Waals surface area contributed by atoms with Gasteiger partial charge in [-0.2, -0.15) is 9.61 Å². The zero-order valence-electron chi connectivity index (χ0n) is 18.8. The van der Waals surface area contributed by atoms with Crippen molar-refractivity contribution in [3.63, 3.8) is 0 Å². The molecule has 36 heavy (non-hydrogen) atoms. The molecule has 5 rings (SSSR count). The number of aromatic hydroxyl groups is 1. The maximum absolute atomic E-state index is 13.2. The summed E-state index contributed by atoms with van der Waals surface area (Å²) < 4.78 is 42.5. The van der Waals surface area contributed by atoms with E-state index in [1.54, 1.807) is 53.0 Å². The van der Waals surface area contributed by atoms with E-state index >= 15 is 0 Å². The van der Waals surface area contributed by atoms with Crippen molar-refractivity contribution in [1.29, 1.82) is 0 Å². The maximum atomic E-state index is 13.2. The van der Waals surface area contributed by atoms with Gasteiger partial charge in [-0.3, -0.25) is 4.72 Å². The summed E-state index contributed by atoms with van der Waals surface area (Å²) in [5, 5.41) is 17.8. The number of rotatable bonds is 7. The molecule has 0 amide bonds. The fourth-order valence-electron chi connectivity index (χ4n) is 3.70. The Hall–Kier alpha value is -4.38. The molecule has 5 aromatic rings. The second kappa shape index (κ2) is 9.35. The summed E-state index contributed by atoms with van der Waals surface area (Å²) in [6.45, 7) is 0.325. The number of hydrogen-bond acceptors (Lipinski definition) is 6. The van der Waals surface area contributed by atoms with Crippen LogP contribution in [-0.4, -0.2) is 36.0 Å². The van der Waals surface area contributed by atoms with Crippen LogP contribution in [0.25, 0.3) is 16.9 Å². The second-order valence-electron chi connectivity index (χ2n) is 7.99. The van der Waals surface area contributed by atoms with E-state index in [1.165, 1.54) is 18.3 Å². The molecule has 8 nitrogen and oxygen atoms in total. The first kappa shape index (κ1) is 23.4. The lowest BCUT2D eigenvalue weighted by molar-refractivity contribution is 0.477. The van der Waals surface area contributed by atoms with Gasteiger partial charge in [0.05, 0.1) is 10.6 Å². The molecule has 2 aromatic heterocycles. The highest BCUT2D eigenvalue weighted by Crippen LogP contribution is 2.29. The zero-order chi connectivity index (χ0) is 25.3. The summed E-state index contributed by atoms with van der Waals surface area (Å²) >= 11 is 0. The van der Waals surface area contributed by atoms with Crippen LogP contribution in [0.4, 0.5) is 15.9 Å². The topological polar surface area (TPSA) is 109 Å². The fourth-order valence-corrected chi connectivity index (χ4v) is 4.75. The molecule has 0 saturated carbocycles. The van der Waals surface area contributed by atoms with Crippen molar-refractivity contribution in [2.45, 2.75) is 11.4 Å².